The number of benzene rings is 2. The molecule has 0 bridgehead atoms. The number of nitrogens with two attached hydrogens (primary N) is 1. The van der Waals surface area contributed by atoms with E-state index in [0.717, 1.165) is 22.2 Å². The summed E-state index contributed by atoms with van der Waals surface area (Å²) in [6.07, 6.45) is 7.06. The summed E-state index contributed by atoms with van der Waals surface area (Å²) in [4.78, 5) is 25.7. The number of aryl methyl sites for hydroxylation is 3. The molecule has 39 heavy (non-hydrogen) atoms. The minimum absolute atomic E-state index is 0.140. The smallest absolute Gasteiger partial charge is 0.230 e. The minimum Gasteiger partial charge on any atom is -0.495 e. The second kappa shape index (κ2) is 9.93. The van der Waals surface area contributed by atoms with Crippen LogP contribution in [0, 0.1) is 0 Å². The lowest BCUT2D eigenvalue weighted by molar-refractivity contribution is -0.115. The molecule has 4 heterocycles. The average Bonchev–Trinajstić information content (AvgIpc) is 3.67. The van der Waals surface area contributed by atoms with Crippen LogP contribution < -0.4 is 15.8 Å². The molecular formula is C28H27N9O2. The van der Waals surface area contributed by atoms with Crippen LogP contribution in [0.5, 0.6) is 5.75 Å². The van der Waals surface area contributed by atoms with Gasteiger partial charge in [0, 0.05) is 42.8 Å². The summed E-state index contributed by atoms with van der Waals surface area (Å²) in [6.45, 7) is 1.24. The molecular weight excluding hydrogens is 494 g/mol. The summed E-state index contributed by atoms with van der Waals surface area (Å²) in [7, 11) is 3.53. The van der Waals surface area contributed by atoms with Crippen LogP contribution in [0.4, 0.5) is 11.5 Å². The number of imidazole rings is 1. The number of carbonyl (C=O) groups excluding carboxylic acids is 1. The highest BCUT2D eigenvalue weighted by Crippen LogP contribution is 2.35. The molecule has 0 saturated carbocycles. The Bertz CT molecular complexity index is 1800. The summed E-state index contributed by atoms with van der Waals surface area (Å²) in [5.41, 5.74) is 10.9. The molecule has 0 radical (unpaired) electrons. The maximum absolute atomic E-state index is 13.0. The van der Waals surface area contributed by atoms with E-state index in [0.29, 0.717) is 47.1 Å². The van der Waals surface area contributed by atoms with Gasteiger partial charge in [-0.1, -0.05) is 24.3 Å². The molecule has 0 aliphatic carbocycles. The van der Waals surface area contributed by atoms with Gasteiger partial charge in [-0.3, -0.25) is 4.79 Å². The van der Waals surface area contributed by atoms with Crippen LogP contribution in [0.1, 0.15) is 5.69 Å². The first kappa shape index (κ1) is 24.2. The molecule has 0 saturated heterocycles. The molecule has 6 aromatic rings. The Balaban J connectivity index is 1.28. The predicted molar refractivity (Wildman–Crippen MR) is 149 cm³/mol. The van der Waals surface area contributed by atoms with Gasteiger partial charge in [0.15, 0.2) is 5.65 Å². The fraction of sp³-hybridized carbons (Fsp3) is 0.179. The number of fused-ring (bicyclic) bond motifs is 2. The van der Waals surface area contributed by atoms with Crippen LogP contribution >= 0.6 is 0 Å². The summed E-state index contributed by atoms with van der Waals surface area (Å²) >= 11 is 0. The number of hydrogen-bond acceptors (Lipinski definition) is 7. The van der Waals surface area contributed by atoms with E-state index in [-0.39, 0.29) is 12.3 Å². The largest absolute Gasteiger partial charge is 0.495 e. The number of anilines is 2. The van der Waals surface area contributed by atoms with Crippen molar-refractivity contribution >= 4 is 39.3 Å². The van der Waals surface area contributed by atoms with Gasteiger partial charge >= 0.3 is 0 Å². The number of ether oxygens (including phenoxy) is 1. The SMILES string of the molecule is COc1cc(-c2nn(CCn3ccnc3)c3ncnc(N)c23)ccc1NC(=O)Cc1cc2ccccc2n1C. The van der Waals surface area contributed by atoms with Gasteiger partial charge in [0.05, 0.1) is 37.5 Å². The summed E-state index contributed by atoms with van der Waals surface area (Å²) in [6, 6.07) is 15.6. The van der Waals surface area contributed by atoms with E-state index in [1.807, 2.05) is 75.6 Å². The summed E-state index contributed by atoms with van der Waals surface area (Å²) in [5.74, 6) is 0.712. The normalized spacial score (nSPS) is 11.3. The molecule has 11 heteroatoms. The number of methoxy groups -OCH3 is 1. The molecule has 0 aliphatic heterocycles. The van der Waals surface area contributed by atoms with Crippen molar-refractivity contribution < 1.29 is 9.53 Å². The first-order valence-corrected chi connectivity index (χ1v) is 12.5. The van der Waals surface area contributed by atoms with Crippen LogP contribution in [0.15, 0.2) is 73.6 Å². The van der Waals surface area contributed by atoms with Gasteiger partial charge in [0.25, 0.3) is 0 Å². The lowest BCUT2D eigenvalue weighted by atomic mass is 10.1. The second-order valence-electron chi connectivity index (χ2n) is 9.22. The van der Waals surface area contributed by atoms with Crippen LogP contribution in [0.25, 0.3) is 33.2 Å². The zero-order chi connectivity index (χ0) is 26.9. The van der Waals surface area contributed by atoms with Crippen LogP contribution in [0.2, 0.25) is 0 Å². The molecule has 1 amide bonds. The van der Waals surface area contributed by atoms with Crippen molar-refractivity contribution in [3.8, 4) is 17.0 Å². The summed E-state index contributed by atoms with van der Waals surface area (Å²) in [5, 5.41) is 9.58. The lowest BCUT2D eigenvalue weighted by Gasteiger charge is -2.12. The maximum atomic E-state index is 13.0. The van der Waals surface area contributed by atoms with E-state index in [1.54, 1.807) is 19.6 Å². The van der Waals surface area contributed by atoms with Gasteiger partial charge in [-0.15, -0.1) is 0 Å². The van der Waals surface area contributed by atoms with Crippen molar-refractivity contribution in [3.05, 3.63) is 79.3 Å². The van der Waals surface area contributed by atoms with Gasteiger partial charge in [0.1, 0.15) is 23.6 Å². The molecule has 196 valence electrons. The number of aromatic nitrogens is 7. The number of amides is 1. The standard InChI is InChI=1S/C28H27N9O2/c1-35-20(13-18-5-3-4-6-22(18)35)15-24(38)33-21-8-7-19(14-23(21)39-2)26-25-27(29)31-16-32-28(25)37(34-26)12-11-36-10-9-30-17-36/h3-10,13-14,16-17H,11-12,15H2,1-2H3,(H,33,38)(H2,29,31,32). The van der Waals surface area contributed by atoms with Crippen molar-refractivity contribution in [3.63, 3.8) is 0 Å². The molecule has 0 spiro atoms. The van der Waals surface area contributed by atoms with Crippen molar-refractivity contribution in [2.75, 3.05) is 18.2 Å². The Morgan fingerprint density at radius 2 is 1.97 bits per heavy atom. The highest BCUT2D eigenvalue weighted by molar-refractivity contribution is 5.99. The molecule has 6 rings (SSSR count). The topological polar surface area (TPSA) is 131 Å². The molecule has 0 unspecified atom stereocenters. The number of nitrogens with one attached hydrogen (secondary N) is 1. The number of nitrogen functional groups attached to an aromatic ring is 1. The number of hydrogen-bond donors (Lipinski definition) is 2. The fourth-order valence-corrected chi connectivity index (χ4v) is 4.83. The third-order valence-corrected chi connectivity index (χ3v) is 6.83. The van der Waals surface area contributed by atoms with Crippen molar-refractivity contribution in [1.29, 1.82) is 0 Å². The molecule has 0 fully saturated rings. The Morgan fingerprint density at radius 1 is 1.10 bits per heavy atom. The summed E-state index contributed by atoms with van der Waals surface area (Å²) < 4.78 is 11.5. The van der Waals surface area contributed by atoms with E-state index in [1.165, 1.54) is 6.33 Å². The number of para-hydroxylation sites is 1. The molecule has 0 atom stereocenters. The number of rotatable bonds is 8. The predicted octanol–water partition coefficient (Wildman–Crippen LogP) is 3.65. The van der Waals surface area contributed by atoms with Crippen molar-refractivity contribution in [2.24, 2.45) is 7.05 Å². The van der Waals surface area contributed by atoms with E-state index >= 15 is 0 Å². The van der Waals surface area contributed by atoms with Crippen LogP contribution in [-0.2, 0) is 31.4 Å². The quantitative estimate of drug-likeness (QED) is 0.313. The Kier molecular flexibility index (Phi) is 6.16. The average molecular weight is 522 g/mol. The van der Waals surface area contributed by atoms with Gasteiger partial charge in [-0.25, -0.2) is 19.6 Å². The van der Waals surface area contributed by atoms with Gasteiger partial charge in [0.2, 0.25) is 5.91 Å². The highest BCUT2D eigenvalue weighted by Gasteiger charge is 2.19. The lowest BCUT2D eigenvalue weighted by Crippen LogP contribution is -2.16. The van der Waals surface area contributed by atoms with E-state index in [2.05, 4.69) is 20.3 Å². The van der Waals surface area contributed by atoms with Gasteiger partial charge < -0.3 is 24.9 Å². The highest BCUT2D eigenvalue weighted by atomic mass is 16.5. The van der Waals surface area contributed by atoms with Crippen LogP contribution in [0.3, 0.4) is 0 Å². The first-order valence-electron chi connectivity index (χ1n) is 12.5. The Morgan fingerprint density at radius 3 is 2.77 bits per heavy atom. The van der Waals surface area contributed by atoms with E-state index in [4.69, 9.17) is 15.6 Å². The van der Waals surface area contributed by atoms with Gasteiger partial charge in [-0.2, -0.15) is 5.10 Å². The zero-order valence-corrected chi connectivity index (χ0v) is 21.6. The monoisotopic (exact) mass is 521 g/mol. The Hall–Kier alpha value is -5.19. The molecule has 11 nitrogen and oxygen atoms in total. The second-order valence-corrected chi connectivity index (χ2v) is 9.22. The number of nitrogens with zero attached hydrogens (tertiary/aromatic N) is 7. The third kappa shape index (κ3) is 4.54. The minimum atomic E-state index is -0.140. The van der Waals surface area contributed by atoms with E-state index in [9.17, 15) is 4.79 Å². The molecule has 4 aromatic heterocycles. The molecule has 0 aliphatic rings. The zero-order valence-electron chi connectivity index (χ0n) is 21.6. The first-order chi connectivity index (χ1) is 19.0. The Labute approximate surface area is 223 Å². The molecule has 3 N–H and O–H groups in total. The van der Waals surface area contributed by atoms with Crippen LogP contribution in [-0.4, -0.2) is 46.9 Å². The third-order valence-electron chi connectivity index (χ3n) is 6.83. The van der Waals surface area contributed by atoms with Crippen molar-refractivity contribution in [1.82, 2.24) is 33.9 Å². The number of carbonyl (C=O) groups is 1. The van der Waals surface area contributed by atoms with Gasteiger partial charge in [-0.05, 0) is 29.7 Å². The van der Waals surface area contributed by atoms with Crippen molar-refractivity contribution in [2.45, 2.75) is 19.5 Å². The van der Waals surface area contributed by atoms with E-state index < -0.39 is 0 Å². The fourth-order valence-electron chi connectivity index (χ4n) is 4.83. The molecule has 2 aromatic carbocycles. The maximum Gasteiger partial charge on any atom is 0.230 e.